The molecule has 4 heteroatoms. The van der Waals surface area contributed by atoms with Crippen LogP contribution < -0.4 is 0 Å². The molecule has 1 rings (SSSR count). The van der Waals surface area contributed by atoms with Gasteiger partial charge in [-0.1, -0.05) is 40.4 Å². The quantitative estimate of drug-likeness (QED) is 0.781. The van der Waals surface area contributed by atoms with E-state index in [4.69, 9.17) is 0 Å². The minimum absolute atomic E-state index is 0.00618. The Balaban J connectivity index is 3.13. The highest BCUT2D eigenvalue weighted by atomic mass is 28.3. The van der Waals surface area contributed by atoms with Gasteiger partial charge in [0.05, 0.1) is 25.2 Å². The van der Waals surface area contributed by atoms with Gasteiger partial charge in [0.25, 0.3) is 0 Å². The molecule has 0 saturated carbocycles. The second kappa shape index (κ2) is 3.70. The lowest BCUT2D eigenvalue weighted by Crippen LogP contribution is -2.47. The summed E-state index contributed by atoms with van der Waals surface area (Å²) < 4.78 is 0. The summed E-state index contributed by atoms with van der Waals surface area (Å²) in [6, 6.07) is 0. The van der Waals surface area contributed by atoms with Crippen molar-refractivity contribution in [3.63, 3.8) is 0 Å². The van der Waals surface area contributed by atoms with Crippen molar-refractivity contribution in [3.8, 4) is 0 Å². The average Bonchev–Trinajstić information content (AvgIpc) is 2.47. The molecule has 0 saturated heterocycles. The first-order valence-corrected chi connectivity index (χ1v) is 9.24. The molecule has 1 aromatic heterocycles. The molecule has 1 heterocycles. The highest BCUT2D eigenvalue weighted by molar-refractivity contribution is 6.78. The van der Waals surface area contributed by atoms with Gasteiger partial charge >= 0.3 is 0 Å². The molecular weight excluding hydrogens is 216 g/mol. The van der Waals surface area contributed by atoms with Gasteiger partial charge in [-0.25, -0.2) is 4.98 Å². The summed E-state index contributed by atoms with van der Waals surface area (Å²) in [6.07, 6.45) is 1.78. The largest absolute Gasteiger partial charge is 0.388 e. The van der Waals surface area contributed by atoms with Crippen molar-refractivity contribution in [2.24, 2.45) is 0 Å². The van der Waals surface area contributed by atoms with Crippen molar-refractivity contribution in [1.29, 1.82) is 0 Å². The van der Waals surface area contributed by atoms with E-state index in [2.05, 4.69) is 50.4 Å². The van der Waals surface area contributed by atoms with Gasteiger partial charge in [-0.05, 0) is 6.92 Å². The Bertz CT molecular complexity index is 369. The van der Waals surface area contributed by atoms with Crippen LogP contribution in [0.5, 0.6) is 0 Å². The number of aromatic nitrogens is 2. The molecular formula is C12H24N2OSi. The third-order valence-electron chi connectivity index (χ3n) is 3.27. The molecule has 0 amide bonds. The highest BCUT2D eigenvalue weighted by Crippen LogP contribution is 2.31. The van der Waals surface area contributed by atoms with Crippen LogP contribution in [0.2, 0.25) is 19.6 Å². The molecule has 0 aliphatic carbocycles. The van der Waals surface area contributed by atoms with Crippen LogP contribution in [0.15, 0.2) is 6.20 Å². The van der Waals surface area contributed by atoms with E-state index in [9.17, 15) is 5.11 Å². The molecule has 0 radical (unpaired) electrons. The van der Waals surface area contributed by atoms with E-state index in [0.717, 1.165) is 11.5 Å². The maximum absolute atomic E-state index is 10.6. The normalized spacial score (nSPS) is 17.2. The van der Waals surface area contributed by atoms with Crippen molar-refractivity contribution in [1.82, 2.24) is 9.97 Å². The number of hydrogen-bond donors (Lipinski definition) is 2. The number of imidazole rings is 1. The van der Waals surface area contributed by atoms with E-state index in [0.29, 0.717) is 0 Å². The molecule has 0 aromatic carbocycles. The first-order valence-electron chi connectivity index (χ1n) is 5.74. The Morgan fingerprint density at radius 3 is 2.00 bits per heavy atom. The Kier molecular flexibility index (Phi) is 3.11. The maximum Gasteiger partial charge on any atom is 0.111 e. The van der Waals surface area contributed by atoms with E-state index in [1.165, 1.54) is 0 Å². The fourth-order valence-corrected chi connectivity index (χ4v) is 2.29. The van der Waals surface area contributed by atoms with E-state index in [1.54, 1.807) is 6.20 Å². The Hall–Kier alpha value is -0.613. The van der Waals surface area contributed by atoms with Gasteiger partial charge < -0.3 is 10.1 Å². The second-order valence-electron chi connectivity index (χ2n) is 6.72. The number of nitrogens with one attached hydrogen (secondary N) is 1. The molecule has 16 heavy (non-hydrogen) atoms. The van der Waals surface area contributed by atoms with Gasteiger partial charge in [-0.2, -0.15) is 0 Å². The van der Waals surface area contributed by atoms with Gasteiger partial charge in [0.15, 0.2) is 0 Å². The number of rotatable bonds is 2. The van der Waals surface area contributed by atoms with Crippen molar-refractivity contribution in [2.45, 2.75) is 58.0 Å². The van der Waals surface area contributed by atoms with Crippen LogP contribution in [0.3, 0.4) is 0 Å². The van der Waals surface area contributed by atoms with Gasteiger partial charge in [0.1, 0.15) is 5.82 Å². The summed E-state index contributed by atoms with van der Waals surface area (Å²) in [5, 5.41) is 9.83. The van der Waals surface area contributed by atoms with Crippen LogP contribution in [0.25, 0.3) is 0 Å². The molecule has 3 nitrogen and oxygen atoms in total. The summed E-state index contributed by atoms with van der Waals surface area (Å²) in [5.74, 6) is 0.932. The number of aromatic amines is 1. The number of hydrogen-bond acceptors (Lipinski definition) is 2. The summed E-state index contributed by atoms with van der Waals surface area (Å²) >= 11 is 0. The molecule has 1 atom stereocenters. The Morgan fingerprint density at radius 1 is 1.19 bits per heavy atom. The van der Waals surface area contributed by atoms with E-state index < -0.39 is 13.3 Å². The van der Waals surface area contributed by atoms with Crippen LogP contribution >= 0.6 is 0 Å². The summed E-state index contributed by atoms with van der Waals surface area (Å²) in [4.78, 5) is 7.65. The minimum atomic E-state index is -1.69. The standard InChI is InChI=1S/C12H24N2OSi/c1-11(2,3)10-13-8-9(14-10)12(4,15)16(5,6)7/h8,15H,1-7H3,(H,13,14). The lowest BCUT2D eigenvalue weighted by molar-refractivity contribution is 0.131. The fraction of sp³-hybridized carbons (Fsp3) is 0.750. The lowest BCUT2D eigenvalue weighted by Gasteiger charge is -2.34. The van der Waals surface area contributed by atoms with E-state index >= 15 is 0 Å². The molecule has 0 aliphatic rings. The molecule has 1 unspecified atom stereocenters. The SMILES string of the molecule is CC(C)(C)c1ncc(C(C)(O)[Si](C)(C)C)[nH]1. The predicted molar refractivity (Wildman–Crippen MR) is 70.2 cm³/mol. The topological polar surface area (TPSA) is 48.9 Å². The van der Waals surface area contributed by atoms with Gasteiger partial charge in [-0.15, -0.1) is 0 Å². The monoisotopic (exact) mass is 240 g/mol. The van der Waals surface area contributed by atoms with Crippen LogP contribution in [-0.2, 0) is 10.6 Å². The maximum atomic E-state index is 10.6. The smallest absolute Gasteiger partial charge is 0.111 e. The zero-order valence-corrected chi connectivity index (χ0v) is 12.5. The predicted octanol–water partition coefficient (Wildman–Crippen LogP) is 2.79. The van der Waals surface area contributed by atoms with E-state index in [1.807, 2.05) is 6.92 Å². The van der Waals surface area contributed by atoms with Crippen molar-refractivity contribution in [3.05, 3.63) is 17.7 Å². The fourth-order valence-electron chi connectivity index (χ4n) is 1.35. The number of H-pyrrole nitrogens is 1. The molecule has 92 valence electrons. The van der Waals surface area contributed by atoms with Crippen molar-refractivity contribution >= 4 is 8.07 Å². The van der Waals surface area contributed by atoms with Crippen molar-refractivity contribution < 1.29 is 5.11 Å². The summed E-state index contributed by atoms with van der Waals surface area (Å²) in [7, 11) is -1.69. The minimum Gasteiger partial charge on any atom is -0.388 e. The number of nitrogens with zero attached hydrogens (tertiary/aromatic N) is 1. The van der Waals surface area contributed by atoms with Crippen LogP contribution in [0.1, 0.15) is 39.2 Å². The molecule has 0 aliphatic heterocycles. The molecule has 1 aromatic rings. The van der Waals surface area contributed by atoms with Crippen LogP contribution in [-0.4, -0.2) is 23.1 Å². The first-order chi connectivity index (χ1) is 6.96. The van der Waals surface area contributed by atoms with E-state index in [-0.39, 0.29) is 5.41 Å². The molecule has 0 spiro atoms. The highest BCUT2D eigenvalue weighted by Gasteiger charge is 2.40. The van der Waals surface area contributed by atoms with Crippen LogP contribution in [0, 0.1) is 0 Å². The first kappa shape index (κ1) is 13.5. The summed E-state index contributed by atoms with van der Waals surface area (Å²) in [6.45, 7) is 14.7. The summed E-state index contributed by atoms with van der Waals surface area (Å²) in [5.41, 5.74) is 0.838. The lowest BCUT2D eigenvalue weighted by atomic mass is 9.96. The third-order valence-corrected chi connectivity index (χ3v) is 6.46. The van der Waals surface area contributed by atoms with Gasteiger partial charge in [0.2, 0.25) is 0 Å². The molecule has 2 N–H and O–H groups in total. The Labute approximate surface area is 99.3 Å². The molecule has 0 fully saturated rings. The van der Waals surface area contributed by atoms with Gasteiger partial charge in [-0.3, -0.25) is 0 Å². The average molecular weight is 240 g/mol. The molecule has 0 bridgehead atoms. The van der Waals surface area contributed by atoms with Crippen molar-refractivity contribution in [2.75, 3.05) is 0 Å². The van der Waals surface area contributed by atoms with Gasteiger partial charge in [0, 0.05) is 5.41 Å². The Morgan fingerprint density at radius 2 is 1.69 bits per heavy atom. The zero-order chi connectivity index (χ0) is 12.8. The second-order valence-corrected chi connectivity index (χ2v) is 12.2. The number of aliphatic hydroxyl groups is 1. The van der Waals surface area contributed by atoms with Crippen LogP contribution in [0.4, 0.5) is 0 Å². The third kappa shape index (κ3) is 2.38. The zero-order valence-electron chi connectivity index (χ0n) is 11.5.